The van der Waals surface area contributed by atoms with Crippen molar-refractivity contribution in [3.63, 3.8) is 0 Å². The highest BCUT2D eigenvalue weighted by atomic mass is 16.3. The van der Waals surface area contributed by atoms with Crippen molar-refractivity contribution in [2.75, 3.05) is 13.1 Å². The maximum atomic E-state index is 9.68. The molecule has 1 N–H and O–H groups in total. The summed E-state index contributed by atoms with van der Waals surface area (Å²) in [7, 11) is 0. The monoisotopic (exact) mass is 336 g/mol. The van der Waals surface area contributed by atoms with Gasteiger partial charge in [0.2, 0.25) is 0 Å². The number of nitrogens with zero attached hydrogens (tertiary/aromatic N) is 2. The van der Waals surface area contributed by atoms with Crippen molar-refractivity contribution in [3.8, 4) is 0 Å². The number of amidine groups is 1. The van der Waals surface area contributed by atoms with Crippen LogP contribution in [0.25, 0.3) is 0 Å². The molecule has 1 rings (SSSR count). The predicted octanol–water partition coefficient (Wildman–Crippen LogP) is 5.69. The van der Waals surface area contributed by atoms with E-state index in [1.165, 1.54) is 77.0 Å². The van der Waals surface area contributed by atoms with Crippen molar-refractivity contribution in [2.24, 2.45) is 4.99 Å². The molecule has 140 valence electrons. The molecule has 1 aliphatic rings. The molecular weight excluding hydrogens is 296 g/mol. The Morgan fingerprint density at radius 3 is 2.17 bits per heavy atom. The first-order valence-electron chi connectivity index (χ1n) is 10.4. The minimum absolute atomic E-state index is 0.385. The van der Waals surface area contributed by atoms with Crippen LogP contribution in [-0.4, -0.2) is 35.2 Å². The lowest BCUT2D eigenvalue weighted by molar-refractivity contribution is 0.0766. The Morgan fingerprint density at radius 2 is 1.54 bits per heavy atom. The van der Waals surface area contributed by atoms with E-state index < -0.39 is 0 Å². The SMILES string of the molecule is CCCCCCC/C=C/CCCCCCCC1=NCCN1C(C)O. The largest absolute Gasteiger partial charge is 0.374 e. The molecule has 3 heteroatoms. The van der Waals surface area contributed by atoms with E-state index in [4.69, 9.17) is 0 Å². The zero-order valence-electron chi connectivity index (χ0n) is 16.2. The maximum absolute atomic E-state index is 9.68. The minimum atomic E-state index is -0.385. The van der Waals surface area contributed by atoms with Crippen LogP contribution in [0.4, 0.5) is 0 Å². The number of aliphatic hydroxyl groups excluding tert-OH is 1. The molecule has 1 unspecified atom stereocenters. The standard InChI is InChI=1S/C21H40N2O/c1-3-4-5-6-7-8-9-10-11-12-13-14-15-16-17-21-22-18-19-23(21)20(2)24/h9-10,20,24H,3-8,11-19H2,1-2H3/b10-9+. The summed E-state index contributed by atoms with van der Waals surface area (Å²) in [5.41, 5.74) is 0. The van der Waals surface area contributed by atoms with Crippen molar-refractivity contribution >= 4 is 5.84 Å². The van der Waals surface area contributed by atoms with Crippen LogP contribution >= 0.6 is 0 Å². The van der Waals surface area contributed by atoms with Gasteiger partial charge in [0.1, 0.15) is 12.1 Å². The van der Waals surface area contributed by atoms with Crippen LogP contribution < -0.4 is 0 Å². The molecule has 0 aromatic heterocycles. The van der Waals surface area contributed by atoms with Crippen LogP contribution in [0.2, 0.25) is 0 Å². The first-order valence-corrected chi connectivity index (χ1v) is 10.4. The zero-order valence-corrected chi connectivity index (χ0v) is 16.2. The van der Waals surface area contributed by atoms with Gasteiger partial charge < -0.3 is 10.0 Å². The highest BCUT2D eigenvalue weighted by Crippen LogP contribution is 2.14. The molecule has 0 aliphatic carbocycles. The van der Waals surface area contributed by atoms with Crippen molar-refractivity contribution in [2.45, 2.75) is 104 Å². The number of aliphatic hydroxyl groups is 1. The van der Waals surface area contributed by atoms with E-state index in [-0.39, 0.29) is 6.23 Å². The van der Waals surface area contributed by atoms with Gasteiger partial charge in [0.05, 0.1) is 6.54 Å². The number of unbranched alkanes of at least 4 members (excludes halogenated alkanes) is 10. The first-order chi connectivity index (χ1) is 11.8. The van der Waals surface area contributed by atoms with Crippen molar-refractivity contribution in [3.05, 3.63) is 12.2 Å². The van der Waals surface area contributed by atoms with Gasteiger partial charge in [-0.15, -0.1) is 0 Å². The molecule has 0 fully saturated rings. The van der Waals surface area contributed by atoms with Gasteiger partial charge in [0.15, 0.2) is 0 Å². The van der Waals surface area contributed by atoms with Crippen LogP contribution in [0, 0.1) is 0 Å². The van der Waals surface area contributed by atoms with E-state index in [1.807, 2.05) is 11.8 Å². The Labute approximate surface area is 150 Å². The lowest BCUT2D eigenvalue weighted by Crippen LogP contribution is -2.35. The molecule has 1 atom stereocenters. The summed E-state index contributed by atoms with van der Waals surface area (Å²) in [5.74, 6) is 1.12. The molecule has 1 heterocycles. The molecule has 0 spiro atoms. The van der Waals surface area contributed by atoms with Crippen molar-refractivity contribution in [1.82, 2.24) is 4.90 Å². The average Bonchev–Trinajstić information content (AvgIpc) is 3.04. The number of hydrogen-bond acceptors (Lipinski definition) is 3. The molecular formula is C21H40N2O. The van der Waals surface area contributed by atoms with Gasteiger partial charge in [-0.1, -0.05) is 64.0 Å². The van der Waals surface area contributed by atoms with Gasteiger partial charge in [-0.25, -0.2) is 0 Å². The Morgan fingerprint density at radius 1 is 0.958 bits per heavy atom. The summed E-state index contributed by atoms with van der Waals surface area (Å²) < 4.78 is 0. The summed E-state index contributed by atoms with van der Waals surface area (Å²) in [6.45, 7) is 5.84. The van der Waals surface area contributed by atoms with Gasteiger partial charge >= 0.3 is 0 Å². The van der Waals surface area contributed by atoms with E-state index in [0.717, 1.165) is 25.3 Å². The van der Waals surface area contributed by atoms with Crippen LogP contribution in [0.1, 0.15) is 97.3 Å². The fourth-order valence-corrected chi connectivity index (χ4v) is 3.31. The topological polar surface area (TPSA) is 35.8 Å². The number of hydrogen-bond donors (Lipinski definition) is 1. The van der Waals surface area contributed by atoms with E-state index in [9.17, 15) is 5.11 Å². The smallest absolute Gasteiger partial charge is 0.125 e. The number of aliphatic imine (C=N–C) groups is 1. The van der Waals surface area contributed by atoms with Crippen LogP contribution in [0.3, 0.4) is 0 Å². The third-order valence-corrected chi connectivity index (χ3v) is 4.83. The predicted molar refractivity (Wildman–Crippen MR) is 106 cm³/mol. The normalized spacial score (nSPS) is 16.1. The third-order valence-electron chi connectivity index (χ3n) is 4.83. The first kappa shape index (κ1) is 21.2. The summed E-state index contributed by atoms with van der Waals surface area (Å²) in [5, 5.41) is 9.68. The van der Waals surface area contributed by atoms with Crippen molar-refractivity contribution in [1.29, 1.82) is 0 Å². The van der Waals surface area contributed by atoms with E-state index in [2.05, 4.69) is 24.1 Å². The average molecular weight is 337 g/mol. The molecule has 0 aromatic rings. The molecule has 0 bridgehead atoms. The summed E-state index contributed by atoms with van der Waals surface area (Å²) in [6.07, 6.45) is 21.3. The second kappa shape index (κ2) is 14.5. The number of rotatable bonds is 15. The quantitative estimate of drug-likeness (QED) is 0.308. The highest BCUT2D eigenvalue weighted by Gasteiger charge is 2.19. The Bertz CT molecular complexity index is 350. The van der Waals surface area contributed by atoms with Gasteiger partial charge in [-0.3, -0.25) is 4.99 Å². The fourth-order valence-electron chi connectivity index (χ4n) is 3.31. The molecule has 24 heavy (non-hydrogen) atoms. The molecule has 0 radical (unpaired) electrons. The second-order valence-corrected chi connectivity index (χ2v) is 7.10. The number of allylic oxidation sites excluding steroid dienone is 2. The fraction of sp³-hybridized carbons (Fsp3) is 0.857. The van der Waals surface area contributed by atoms with E-state index in [1.54, 1.807) is 0 Å². The summed E-state index contributed by atoms with van der Waals surface area (Å²) in [6, 6.07) is 0. The Hall–Kier alpha value is -0.830. The third kappa shape index (κ3) is 10.1. The van der Waals surface area contributed by atoms with Gasteiger partial charge in [0.25, 0.3) is 0 Å². The second-order valence-electron chi connectivity index (χ2n) is 7.10. The van der Waals surface area contributed by atoms with Crippen molar-refractivity contribution < 1.29 is 5.11 Å². The molecule has 3 nitrogen and oxygen atoms in total. The zero-order chi connectivity index (χ0) is 17.5. The molecule has 1 aliphatic heterocycles. The molecule has 0 amide bonds. The van der Waals surface area contributed by atoms with Gasteiger partial charge in [-0.05, 0) is 39.0 Å². The van der Waals surface area contributed by atoms with Gasteiger partial charge in [0, 0.05) is 13.0 Å². The minimum Gasteiger partial charge on any atom is -0.374 e. The molecule has 0 aromatic carbocycles. The lowest BCUT2D eigenvalue weighted by Gasteiger charge is -2.23. The van der Waals surface area contributed by atoms with Gasteiger partial charge in [-0.2, -0.15) is 0 Å². The molecule has 0 saturated heterocycles. The summed E-state index contributed by atoms with van der Waals surface area (Å²) >= 11 is 0. The maximum Gasteiger partial charge on any atom is 0.125 e. The van der Waals surface area contributed by atoms with Crippen LogP contribution in [0.5, 0.6) is 0 Å². The van der Waals surface area contributed by atoms with E-state index in [0.29, 0.717) is 0 Å². The Balaban J connectivity index is 1.85. The highest BCUT2D eigenvalue weighted by molar-refractivity contribution is 5.83. The summed E-state index contributed by atoms with van der Waals surface area (Å²) in [4.78, 5) is 6.55. The molecule has 0 saturated carbocycles. The van der Waals surface area contributed by atoms with Crippen LogP contribution in [-0.2, 0) is 0 Å². The van der Waals surface area contributed by atoms with Crippen LogP contribution in [0.15, 0.2) is 17.1 Å². The van der Waals surface area contributed by atoms with E-state index >= 15 is 0 Å². The lowest BCUT2D eigenvalue weighted by atomic mass is 10.1. The Kier molecular flexibility index (Phi) is 12.8.